The molecule has 1 fully saturated rings. The smallest absolute Gasteiger partial charge is 0.352 e. The van der Waals surface area contributed by atoms with Crippen LogP contribution in [0, 0.1) is 0 Å². The molecule has 1 aromatic rings. The predicted octanol–water partition coefficient (Wildman–Crippen LogP) is 1.32. The summed E-state index contributed by atoms with van der Waals surface area (Å²) in [6.45, 7) is 0. The second kappa shape index (κ2) is 10.4. The summed E-state index contributed by atoms with van der Waals surface area (Å²) in [4.78, 5) is 54.9. The van der Waals surface area contributed by atoms with Crippen molar-refractivity contribution in [2.24, 2.45) is 10.1 Å². The number of amides is 2. The fourth-order valence-corrected chi connectivity index (χ4v) is 8.31. The number of nitrogens with two attached hydrogens (primary N) is 1. The zero-order valence-electron chi connectivity index (χ0n) is 19.5. The Morgan fingerprint density at radius 2 is 2.24 bits per heavy atom. The van der Waals surface area contributed by atoms with Gasteiger partial charge in [0.05, 0.1) is 5.70 Å². The Balaban J connectivity index is 1.27. The number of carboxylic acids is 1. The van der Waals surface area contributed by atoms with Gasteiger partial charge in [-0.3, -0.25) is 14.5 Å². The van der Waals surface area contributed by atoms with E-state index >= 15 is 0 Å². The summed E-state index contributed by atoms with van der Waals surface area (Å²) in [6, 6.07) is -0.910. The molecule has 0 aromatic carbocycles. The second-order valence-corrected chi connectivity index (χ2v) is 12.3. The van der Waals surface area contributed by atoms with Gasteiger partial charge in [-0.1, -0.05) is 28.7 Å². The molecule has 0 aliphatic carbocycles. The fourth-order valence-electron chi connectivity index (χ4n) is 4.02. The maximum atomic E-state index is 13.0. The average molecular weight is 580 g/mol. The SMILES string of the molecule is CO/N=C(\C(=O)NC1C(=O)N2C(C(=O)O)=C(CSC3=NC4=CC=CN(C)C4S3)CS[C@H]12)c1csc(N)n1. The third-order valence-electron chi connectivity index (χ3n) is 5.71. The standard InChI is InChI=1S/C21H21N7O5S4/c1-27-5-3-4-10-17(27)37-21(24-10)36-7-9-6-34-18-13(16(30)28(18)14(9)19(31)32)25-15(29)12(26-33-2)11-8-35-20(22)23-11/h3-5,8,13,17-18H,6-7H2,1-2H3,(H2,22,23)(H,25,29)(H,31,32)/b26-12-/t13?,17?,18-/m1/s1. The first kappa shape index (κ1) is 25.7. The van der Waals surface area contributed by atoms with Crippen molar-refractivity contribution >= 4 is 79.6 Å². The van der Waals surface area contributed by atoms with Crippen molar-refractivity contribution in [3.63, 3.8) is 0 Å². The minimum absolute atomic E-state index is 0.0381. The van der Waals surface area contributed by atoms with Crippen molar-refractivity contribution in [1.82, 2.24) is 20.1 Å². The van der Waals surface area contributed by atoms with Crippen molar-refractivity contribution in [2.75, 3.05) is 31.4 Å². The molecule has 0 radical (unpaired) electrons. The van der Waals surface area contributed by atoms with E-state index < -0.39 is 29.2 Å². The summed E-state index contributed by atoms with van der Waals surface area (Å²) in [7, 11) is 3.27. The third-order valence-corrected chi connectivity index (χ3v) is 10.3. The van der Waals surface area contributed by atoms with E-state index in [9.17, 15) is 19.5 Å². The van der Waals surface area contributed by atoms with Crippen LogP contribution in [-0.4, -0.2) is 90.2 Å². The van der Waals surface area contributed by atoms with Crippen LogP contribution in [0.2, 0.25) is 0 Å². The molecular formula is C21H21N7O5S4. The van der Waals surface area contributed by atoms with Crippen molar-refractivity contribution in [3.8, 4) is 0 Å². The Bertz CT molecular complexity index is 1320. The van der Waals surface area contributed by atoms with E-state index in [0.29, 0.717) is 17.1 Å². The Morgan fingerprint density at radius 1 is 1.43 bits per heavy atom. The first-order valence-electron chi connectivity index (χ1n) is 10.8. The number of thiazole rings is 1. The monoisotopic (exact) mass is 579 g/mol. The van der Waals surface area contributed by atoms with E-state index in [2.05, 4.69) is 25.3 Å². The molecular weight excluding hydrogens is 559 g/mol. The number of carbonyl (C=O) groups excluding carboxylic acids is 2. The number of allylic oxidation sites excluding steroid dienone is 2. The number of aromatic nitrogens is 1. The van der Waals surface area contributed by atoms with Crippen LogP contribution in [0.5, 0.6) is 0 Å². The van der Waals surface area contributed by atoms with Crippen LogP contribution in [-0.2, 0) is 19.2 Å². The molecule has 4 aliphatic rings. The molecule has 2 unspecified atom stereocenters. The quantitative estimate of drug-likeness (QED) is 0.243. The van der Waals surface area contributed by atoms with E-state index in [0.717, 1.165) is 21.4 Å². The van der Waals surface area contributed by atoms with E-state index in [1.54, 1.807) is 17.1 Å². The molecule has 1 aromatic heterocycles. The van der Waals surface area contributed by atoms with Crippen LogP contribution in [0.4, 0.5) is 5.13 Å². The summed E-state index contributed by atoms with van der Waals surface area (Å²) in [5.41, 5.74) is 7.30. The summed E-state index contributed by atoms with van der Waals surface area (Å²) in [5.74, 6) is -1.56. The molecule has 0 bridgehead atoms. The van der Waals surface area contributed by atoms with Crippen LogP contribution in [0.3, 0.4) is 0 Å². The van der Waals surface area contributed by atoms with Gasteiger partial charge in [-0.25, -0.2) is 14.8 Å². The van der Waals surface area contributed by atoms with E-state index in [1.165, 1.54) is 35.5 Å². The number of nitrogens with zero attached hydrogens (tertiary/aromatic N) is 5. The van der Waals surface area contributed by atoms with Gasteiger partial charge in [0.1, 0.15) is 39.7 Å². The highest BCUT2D eigenvalue weighted by Gasteiger charge is 2.54. The van der Waals surface area contributed by atoms with Crippen molar-refractivity contribution in [1.29, 1.82) is 0 Å². The van der Waals surface area contributed by atoms with Crippen LogP contribution in [0.25, 0.3) is 0 Å². The van der Waals surface area contributed by atoms with Crippen LogP contribution >= 0.6 is 46.6 Å². The Kier molecular flexibility index (Phi) is 7.24. The predicted molar refractivity (Wildman–Crippen MR) is 146 cm³/mol. The molecule has 4 N–H and O–H groups in total. The lowest BCUT2D eigenvalue weighted by Crippen LogP contribution is -2.71. The normalized spacial score (nSPS) is 24.8. The molecule has 12 nitrogen and oxygen atoms in total. The summed E-state index contributed by atoms with van der Waals surface area (Å²) in [5, 5.41) is 17.7. The number of hydrogen-bond donors (Lipinski definition) is 3. The molecule has 194 valence electrons. The highest BCUT2D eigenvalue weighted by Crippen LogP contribution is 2.43. The van der Waals surface area contributed by atoms with Crippen LogP contribution in [0.1, 0.15) is 5.69 Å². The fraction of sp³-hybridized carbons (Fsp3) is 0.333. The molecule has 0 spiro atoms. The number of aliphatic carboxylic acids is 1. The van der Waals surface area contributed by atoms with E-state index in [4.69, 9.17) is 10.6 Å². The molecule has 37 heavy (non-hydrogen) atoms. The number of nitrogens with one attached hydrogen (secondary N) is 1. The van der Waals surface area contributed by atoms with Gasteiger partial charge in [-0.15, -0.1) is 23.1 Å². The van der Waals surface area contributed by atoms with Crippen molar-refractivity contribution in [2.45, 2.75) is 16.8 Å². The lowest BCUT2D eigenvalue weighted by molar-refractivity contribution is -0.150. The molecule has 5 heterocycles. The molecule has 2 amide bonds. The number of aliphatic imine (C=N–C) groups is 1. The number of anilines is 1. The lowest BCUT2D eigenvalue weighted by Gasteiger charge is -2.49. The number of likely N-dealkylation sites (N-methyl/N-ethyl adjacent to an activating group) is 1. The van der Waals surface area contributed by atoms with Crippen molar-refractivity contribution < 1.29 is 24.3 Å². The van der Waals surface area contributed by atoms with E-state index in [1.807, 2.05) is 25.4 Å². The van der Waals surface area contributed by atoms with Gasteiger partial charge in [0.15, 0.2) is 10.8 Å². The Hall–Kier alpha value is -2.95. The summed E-state index contributed by atoms with van der Waals surface area (Å²) in [6.07, 6.45) is 5.88. The zero-order valence-corrected chi connectivity index (χ0v) is 22.7. The molecule has 1 saturated heterocycles. The number of hydrogen-bond acceptors (Lipinski definition) is 13. The maximum absolute atomic E-state index is 13.0. The van der Waals surface area contributed by atoms with Gasteiger partial charge in [0, 0.05) is 30.1 Å². The molecule has 4 aliphatic heterocycles. The molecule has 5 rings (SSSR count). The maximum Gasteiger partial charge on any atom is 0.352 e. The Labute approximate surface area is 228 Å². The third kappa shape index (κ3) is 4.85. The van der Waals surface area contributed by atoms with Gasteiger partial charge in [-0.2, -0.15) is 0 Å². The first-order chi connectivity index (χ1) is 17.8. The van der Waals surface area contributed by atoms with Crippen LogP contribution < -0.4 is 11.1 Å². The minimum Gasteiger partial charge on any atom is -0.477 e. The minimum atomic E-state index is -1.18. The van der Waals surface area contributed by atoms with Gasteiger partial charge in [-0.05, 0) is 17.7 Å². The number of rotatable bonds is 7. The van der Waals surface area contributed by atoms with Crippen molar-refractivity contribution in [3.05, 3.63) is 46.4 Å². The second-order valence-electron chi connectivity index (χ2n) is 8.05. The first-order valence-corrected chi connectivity index (χ1v) is 14.6. The number of carbonyl (C=O) groups is 3. The molecule has 0 saturated carbocycles. The largest absolute Gasteiger partial charge is 0.477 e. The molecule has 16 heteroatoms. The summed E-state index contributed by atoms with van der Waals surface area (Å²) >= 11 is 5.60. The van der Waals surface area contributed by atoms with Gasteiger partial charge < -0.3 is 25.9 Å². The zero-order chi connectivity index (χ0) is 26.3. The summed E-state index contributed by atoms with van der Waals surface area (Å²) < 4.78 is 0.851. The molecule has 3 atom stereocenters. The topological polar surface area (TPSA) is 163 Å². The van der Waals surface area contributed by atoms with E-state index in [-0.39, 0.29) is 27.6 Å². The van der Waals surface area contributed by atoms with Gasteiger partial charge in [0.2, 0.25) is 0 Å². The lowest BCUT2D eigenvalue weighted by atomic mass is 10.0. The number of nitrogen functional groups attached to an aromatic ring is 1. The number of fused-ring (bicyclic) bond motifs is 2. The number of thioether (sulfide) groups is 3. The average Bonchev–Trinajstić information content (AvgIpc) is 3.50. The van der Waals surface area contributed by atoms with Gasteiger partial charge >= 0.3 is 5.97 Å². The number of β-lactam (4-membered cyclic amide) rings is 1. The highest BCUT2D eigenvalue weighted by molar-refractivity contribution is 8.39. The number of oxime groups is 1. The Morgan fingerprint density at radius 3 is 2.92 bits per heavy atom. The van der Waals surface area contributed by atoms with Crippen LogP contribution in [0.15, 0.2) is 50.8 Å². The number of carboxylic acid groups (broad SMARTS) is 1. The highest BCUT2D eigenvalue weighted by atomic mass is 32.2. The van der Waals surface area contributed by atoms with Gasteiger partial charge in [0.25, 0.3) is 11.8 Å².